The molecule has 0 amide bonds. The average molecular weight is 461 g/mol. The zero-order valence-electron chi connectivity index (χ0n) is 19.0. The molecule has 0 radical (unpaired) electrons. The highest BCUT2D eigenvalue weighted by atomic mass is 32.2. The summed E-state index contributed by atoms with van der Waals surface area (Å²) in [6, 6.07) is 19.4. The summed E-state index contributed by atoms with van der Waals surface area (Å²) >= 11 is 0. The fourth-order valence-corrected chi connectivity index (χ4v) is 6.18. The Labute approximate surface area is 195 Å². The van der Waals surface area contributed by atoms with Crippen molar-refractivity contribution in [2.24, 2.45) is 5.92 Å². The van der Waals surface area contributed by atoms with Crippen LogP contribution in [0.1, 0.15) is 40.6 Å². The third-order valence-electron chi connectivity index (χ3n) is 6.75. The van der Waals surface area contributed by atoms with Crippen molar-refractivity contribution in [3.63, 3.8) is 0 Å². The van der Waals surface area contributed by atoms with E-state index in [4.69, 9.17) is 4.74 Å². The van der Waals surface area contributed by atoms with Crippen molar-refractivity contribution in [1.82, 2.24) is 0 Å². The van der Waals surface area contributed by atoms with Crippen LogP contribution in [0.2, 0.25) is 0 Å². The molecule has 2 N–H and O–H groups in total. The van der Waals surface area contributed by atoms with Gasteiger partial charge in [0.25, 0.3) is 10.0 Å². The van der Waals surface area contributed by atoms with Gasteiger partial charge < -0.3 is 10.1 Å². The molecule has 5 nitrogen and oxygen atoms in total. The summed E-state index contributed by atoms with van der Waals surface area (Å²) < 4.78 is 34.5. The van der Waals surface area contributed by atoms with Gasteiger partial charge in [0.15, 0.2) is 0 Å². The molecule has 0 saturated carbocycles. The van der Waals surface area contributed by atoms with E-state index in [1.165, 1.54) is 5.56 Å². The van der Waals surface area contributed by atoms with Gasteiger partial charge in [0.1, 0.15) is 5.75 Å². The summed E-state index contributed by atoms with van der Waals surface area (Å²) in [5.74, 6) is 1.34. The maximum Gasteiger partial charge on any atom is 0.261 e. The molecule has 0 spiro atoms. The number of ether oxygens (including phenoxy) is 1. The van der Waals surface area contributed by atoms with Crippen molar-refractivity contribution in [1.29, 1.82) is 0 Å². The first-order valence-corrected chi connectivity index (χ1v) is 12.7. The van der Waals surface area contributed by atoms with E-state index in [2.05, 4.69) is 34.3 Å². The Balaban J connectivity index is 1.47. The standard InChI is InChI=1S/C27H28N2O3S/c1-17-7-13-25(18(2)15-17)29-33(30,31)21-12-14-26-24(16-21)22-5-4-6-23(22)27(28-26)19-8-10-20(32-3)11-9-19/h4-5,7-16,22-23,27-29H,6H2,1-3H3/t22-,23+,27-/m0/s1. The van der Waals surface area contributed by atoms with Gasteiger partial charge in [-0.25, -0.2) is 8.42 Å². The van der Waals surface area contributed by atoms with Gasteiger partial charge in [-0.2, -0.15) is 0 Å². The normalized spacial score (nSPS) is 21.1. The summed E-state index contributed by atoms with van der Waals surface area (Å²) in [4.78, 5) is 0.282. The molecule has 0 unspecified atom stereocenters. The van der Waals surface area contributed by atoms with E-state index in [0.717, 1.165) is 34.5 Å². The summed E-state index contributed by atoms with van der Waals surface area (Å²) in [6.45, 7) is 3.90. The number of benzene rings is 3. The van der Waals surface area contributed by atoms with Crippen molar-refractivity contribution in [3.8, 4) is 5.75 Å². The predicted molar refractivity (Wildman–Crippen MR) is 133 cm³/mol. The van der Waals surface area contributed by atoms with Crippen molar-refractivity contribution < 1.29 is 13.2 Å². The van der Waals surface area contributed by atoms with E-state index < -0.39 is 10.0 Å². The molecule has 2 aliphatic rings. The largest absolute Gasteiger partial charge is 0.497 e. The van der Waals surface area contributed by atoms with Crippen LogP contribution in [0.3, 0.4) is 0 Å². The Bertz CT molecular complexity index is 1330. The number of hydrogen-bond acceptors (Lipinski definition) is 4. The highest BCUT2D eigenvalue weighted by Crippen LogP contribution is 2.50. The van der Waals surface area contributed by atoms with Gasteiger partial charge in [0.2, 0.25) is 0 Å². The van der Waals surface area contributed by atoms with E-state index in [-0.39, 0.29) is 16.9 Å². The van der Waals surface area contributed by atoms with E-state index in [1.54, 1.807) is 13.2 Å². The molecule has 0 bridgehead atoms. The van der Waals surface area contributed by atoms with E-state index in [1.807, 2.05) is 56.3 Å². The van der Waals surface area contributed by atoms with Gasteiger partial charge in [-0.15, -0.1) is 0 Å². The molecule has 1 aliphatic heterocycles. The number of nitrogens with one attached hydrogen (secondary N) is 2. The van der Waals surface area contributed by atoms with Crippen molar-refractivity contribution in [2.45, 2.75) is 37.1 Å². The topological polar surface area (TPSA) is 67.4 Å². The lowest BCUT2D eigenvalue weighted by atomic mass is 9.77. The monoisotopic (exact) mass is 460 g/mol. The third-order valence-corrected chi connectivity index (χ3v) is 8.11. The minimum Gasteiger partial charge on any atom is -0.497 e. The first-order chi connectivity index (χ1) is 15.9. The summed E-state index contributed by atoms with van der Waals surface area (Å²) in [5, 5.41) is 3.67. The summed E-state index contributed by atoms with van der Waals surface area (Å²) in [5.41, 5.74) is 5.82. The van der Waals surface area contributed by atoms with Crippen LogP contribution in [-0.2, 0) is 10.0 Å². The first-order valence-electron chi connectivity index (χ1n) is 11.2. The van der Waals surface area contributed by atoms with E-state index in [0.29, 0.717) is 11.6 Å². The number of methoxy groups -OCH3 is 1. The molecule has 1 aliphatic carbocycles. The molecule has 1 heterocycles. The van der Waals surface area contributed by atoms with Crippen molar-refractivity contribution in [3.05, 3.63) is 95.1 Å². The van der Waals surface area contributed by atoms with Gasteiger partial charge in [-0.05, 0) is 79.3 Å². The van der Waals surface area contributed by atoms with Gasteiger partial charge in [-0.3, -0.25) is 4.72 Å². The zero-order valence-corrected chi connectivity index (χ0v) is 19.8. The maximum absolute atomic E-state index is 13.2. The number of hydrogen-bond donors (Lipinski definition) is 2. The third kappa shape index (κ3) is 4.00. The number of rotatable bonds is 5. The Morgan fingerprint density at radius 2 is 1.79 bits per heavy atom. The Morgan fingerprint density at radius 3 is 2.52 bits per heavy atom. The molecule has 5 rings (SSSR count). The van der Waals surface area contributed by atoms with E-state index in [9.17, 15) is 8.42 Å². The van der Waals surface area contributed by atoms with Crippen LogP contribution in [-0.4, -0.2) is 15.5 Å². The highest BCUT2D eigenvalue weighted by Gasteiger charge is 2.38. The van der Waals surface area contributed by atoms with Gasteiger partial charge >= 0.3 is 0 Å². The molecular formula is C27H28N2O3S. The average Bonchev–Trinajstić information content (AvgIpc) is 3.30. The lowest BCUT2D eigenvalue weighted by Crippen LogP contribution is -2.29. The molecule has 0 saturated heterocycles. The minimum atomic E-state index is -3.70. The second kappa shape index (κ2) is 8.27. The van der Waals surface area contributed by atoms with Crippen molar-refractivity contribution >= 4 is 21.4 Å². The summed E-state index contributed by atoms with van der Waals surface area (Å²) in [6.07, 6.45) is 5.37. The van der Waals surface area contributed by atoms with Crippen LogP contribution in [0, 0.1) is 19.8 Å². The second-order valence-corrected chi connectivity index (χ2v) is 10.6. The number of sulfonamides is 1. The number of aryl methyl sites for hydroxylation is 2. The molecule has 3 aromatic carbocycles. The molecule has 0 fully saturated rings. The molecule has 6 heteroatoms. The molecule has 3 atom stereocenters. The van der Waals surface area contributed by atoms with Crippen LogP contribution < -0.4 is 14.8 Å². The van der Waals surface area contributed by atoms with Crippen LogP contribution in [0.15, 0.2) is 77.7 Å². The fraction of sp³-hybridized carbons (Fsp3) is 0.259. The number of anilines is 2. The molecule has 33 heavy (non-hydrogen) atoms. The van der Waals surface area contributed by atoms with Crippen LogP contribution in [0.4, 0.5) is 11.4 Å². The molecule has 3 aromatic rings. The SMILES string of the molecule is COc1ccc([C@@H]2Nc3ccc(S(=O)(=O)Nc4ccc(C)cc4C)cc3[C@H]3C=CC[C@H]32)cc1. The maximum atomic E-state index is 13.2. The number of allylic oxidation sites excluding steroid dienone is 2. The predicted octanol–water partition coefficient (Wildman–Crippen LogP) is 5.94. The van der Waals surface area contributed by atoms with Gasteiger partial charge in [0.05, 0.1) is 23.7 Å². The summed E-state index contributed by atoms with van der Waals surface area (Å²) in [7, 11) is -2.03. The van der Waals surface area contributed by atoms with Gasteiger partial charge in [-0.1, -0.05) is 42.0 Å². The molecule has 170 valence electrons. The van der Waals surface area contributed by atoms with Crippen LogP contribution in [0.25, 0.3) is 0 Å². The molecular weight excluding hydrogens is 432 g/mol. The van der Waals surface area contributed by atoms with Crippen LogP contribution >= 0.6 is 0 Å². The fourth-order valence-electron chi connectivity index (χ4n) is 5.01. The number of fused-ring (bicyclic) bond motifs is 3. The quantitative estimate of drug-likeness (QED) is 0.463. The molecule has 0 aromatic heterocycles. The first kappa shape index (κ1) is 21.6. The minimum absolute atomic E-state index is 0.152. The Kier molecular flexibility index (Phi) is 5.41. The van der Waals surface area contributed by atoms with E-state index >= 15 is 0 Å². The van der Waals surface area contributed by atoms with Crippen LogP contribution in [0.5, 0.6) is 5.75 Å². The second-order valence-electron chi connectivity index (χ2n) is 8.92. The lowest BCUT2D eigenvalue weighted by molar-refractivity contribution is 0.411. The zero-order chi connectivity index (χ0) is 23.2. The van der Waals surface area contributed by atoms with Crippen molar-refractivity contribution in [2.75, 3.05) is 17.1 Å². The smallest absolute Gasteiger partial charge is 0.261 e. The van der Waals surface area contributed by atoms with Gasteiger partial charge in [0, 0.05) is 11.6 Å². The Hall–Kier alpha value is -3.25. The lowest BCUT2D eigenvalue weighted by Gasteiger charge is -2.37. The Morgan fingerprint density at radius 1 is 1.00 bits per heavy atom. The highest BCUT2D eigenvalue weighted by molar-refractivity contribution is 7.92.